The van der Waals surface area contributed by atoms with Crippen LogP contribution in [-0.4, -0.2) is 48.4 Å². The number of hydrogen-bond acceptors (Lipinski definition) is 4. The molecule has 0 unspecified atom stereocenters. The molecule has 0 aliphatic rings. The van der Waals surface area contributed by atoms with Gasteiger partial charge in [0.2, 0.25) is 0 Å². The van der Waals surface area contributed by atoms with Crippen LogP contribution in [-0.2, 0) is 12.3 Å². The first-order chi connectivity index (χ1) is 8.49. The van der Waals surface area contributed by atoms with Gasteiger partial charge in [0.1, 0.15) is 11.5 Å². The Labute approximate surface area is 118 Å². The third-order valence-electron chi connectivity index (χ3n) is 2.38. The van der Waals surface area contributed by atoms with E-state index >= 15 is 0 Å². The summed E-state index contributed by atoms with van der Waals surface area (Å²) in [6, 6.07) is 4.08. The van der Waals surface area contributed by atoms with Crippen molar-refractivity contribution in [2.75, 3.05) is 33.4 Å². The van der Waals surface area contributed by atoms with Crippen molar-refractivity contribution in [2.45, 2.75) is 12.3 Å². The minimum absolute atomic E-state index is 0.446. The van der Waals surface area contributed by atoms with Gasteiger partial charge >= 0.3 is 0 Å². The molecule has 102 valence electrons. The van der Waals surface area contributed by atoms with Crippen LogP contribution in [0.25, 0.3) is 0 Å². The molecule has 2 N–H and O–H groups in total. The van der Waals surface area contributed by atoms with Gasteiger partial charge in [-0.25, -0.2) is 0 Å². The maximum atomic E-state index is 5.72. The monoisotopic (exact) mass is 287 g/mol. The number of hydrogen-bond donors (Lipinski definition) is 1. The first kappa shape index (κ1) is 15.3. The molecule has 1 aromatic rings. The van der Waals surface area contributed by atoms with Crippen molar-refractivity contribution in [3.63, 3.8) is 0 Å². The number of thioether (sulfide) groups is 1. The van der Waals surface area contributed by atoms with E-state index in [1.165, 1.54) is 0 Å². The molecular weight excluding hydrogens is 266 g/mol. The fourth-order valence-electron chi connectivity index (χ4n) is 1.38. The molecule has 1 aromatic heterocycles. The molecule has 0 amide bonds. The fourth-order valence-corrected chi connectivity index (χ4v) is 2.38. The second kappa shape index (κ2) is 7.66. The van der Waals surface area contributed by atoms with Crippen LogP contribution in [0, 0.1) is 0 Å². The van der Waals surface area contributed by atoms with Gasteiger partial charge in [0.15, 0.2) is 5.11 Å². The van der Waals surface area contributed by atoms with Crippen LogP contribution in [0.15, 0.2) is 16.5 Å². The molecule has 4 nitrogen and oxygen atoms in total. The molecule has 6 heteroatoms. The van der Waals surface area contributed by atoms with Gasteiger partial charge in [0, 0.05) is 19.3 Å². The molecule has 0 atom stereocenters. The number of nitrogens with two attached hydrogens (primary N) is 1. The highest BCUT2D eigenvalue weighted by Gasteiger charge is 2.04. The van der Waals surface area contributed by atoms with Crippen LogP contribution in [0.4, 0.5) is 0 Å². The Bertz CT molecular complexity index is 379. The van der Waals surface area contributed by atoms with Gasteiger partial charge in [-0.2, -0.15) is 11.8 Å². The molecule has 0 fully saturated rings. The van der Waals surface area contributed by atoms with E-state index < -0.39 is 0 Å². The van der Waals surface area contributed by atoms with E-state index in [2.05, 4.69) is 4.90 Å². The van der Waals surface area contributed by atoms with E-state index in [0.717, 1.165) is 36.1 Å². The van der Waals surface area contributed by atoms with Crippen molar-refractivity contribution in [3.8, 4) is 0 Å². The Kier molecular flexibility index (Phi) is 6.52. The fraction of sp³-hybridized carbons (Fsp3) is 0.583. The lowest BCUT2D eigenvalue weighted by atomic mass is 10.4. The minimum Gasteiger partial charge on any atom is -0.464 e. The van der Waals surface area contributed by atoms with Gasteiger partial charge in [0.25, 0.3) is 0 Å². The summed E-state index contributed by atoms with van der Waals surface area (Å²) in [4.78, 5) is 3.97. The second-order valence-corrected chi connectivity index (χ2v) is 5.94. The minimum atomic E-state index is 0.446. The summed E-state index contributed by atoms with van der Waals surface area (Å²) < 4.78 is 5.72. The highest BCUT2D eigenvalue weighted by Crippen LogP contribution is 2.16. The van der Waals surface area contributed by atoms with Crippen LogP contribution < -0.4 is 5.73 Å². The number of thiocarbonyl (C=S) groups is 1. The van der Waals surface area contributed by atoms with Gasteiger partial charge in [-0.1, -0.05) is 0 Å². The smallest absolute Gasteiger partial charge is 0.166 e. The normalized spacial score (nSPS) is 10.9. The maximum Gasteiger partial charge on any atom is 0.166 e. The number of furan rings is 1. The van der Waals surface area contributed by atoms with Crippen molar-refractivity contribution in [3.05, 3.63) is 23.7 Å². The van der Waals surface area contributed by atoms with Crippen LogP contribution in [0.1, 0.15) is 11.5 Å². The van der Waals surface area contributed by atoms with Crippen LogP contribution >= 0.6 is 24.0 Å². The van der Waals surface area contributed by atoms with Crippen molar-refractivity contribution in [1.29, 1.82) is 0 Å². The zero-order valence-electron chi connectivity index (χ0n) is 11.2. The van der Waals surface area contributed by atoms with E-state index in [-0.39, 0.29) is 0 Å². The average Bonchev–Trinajstić information content (AvgIpc) is 2.70. The van der Waals surface area contributed by atoms with Crippen molar-refractivity contribution >= 4 is 29.1 Å². The number of nitrogens with zero attached hydrogens (tertiary/aromatic N) is 2. The summed E-state index contributed by atoms with van der Waals surface area (Å²) in [5.74, 6) is 3.90. The summed E-state index contributed by atoms with van der Waals surface area (Å²) in [6.45, 7) is 1.71. The Hall–Kier alpha value is -0.720. The standard InChI is InChI=1S/C12H21N3OS2/c1-14(2)8-10-4-5-11(16-10)9-18-7-6-15(3)12(13)17/h4-5H,6-9H2,1-3H3,(H2,13,17). The zero-order chi connectivity index (χ0) is 13.5. The third kappa shape index (κ3) is 5.75. The second-order valence-electron chi connectivity index (χ2n) is 4.42. The molecular formula is C12H21N3OS2. The molecule has 0 bridgehead atoms. The average molecular weight is 287 g/mol. The summed E-state index contributed by atoms with van der Waals surface area (Å²) in [6.07, 6.45) is 0. The summed E-state index contributed by atoms with van der Waals surface area (Å²) >= 11 is 6.70. The van der Waals surface area contributed by atoms with E-state index in [4.69, 9.17) is 22.4 Å². The first-order valence-corrected chi connectivity index (χ1v) is 7.36. The zero-order valence-corrected chi connectivity index (χ0v) is 12.8. The van der Waals surface area contributed by atoms with E-state index in [0.29, 0.717) is 5.11 Å². The predicted octanol–water partition coefficient (Wildman–Crippen LogP) is 1.75. The molecule has 0 aliphatic heterocycles. The summed E-state index contributed by atoms with van der Waals surface area (Å²) in [5, 5.41) is 0.446. The Balaban J connectivity index is 2.23. The number of rotatable bonds is 7. The molecule has 0 aliphatic carbocycles. The lowest BCUT2D eigenvalue weighted by Gasteiger charge is -2.15. The Morgan fingerprint density at radius 3 is 2.61 bits per heavy atom. The Morgan fingerprint density at radius 1 is 1.33 bits per heavy atom. The lowest BCUT2D eigenvalue weighted by molar-refractivity contribution is 0.344. The van der Waals surface area contributed by atoms with Gasteiger partial charge in [-0.15, -0.1) is 0 Å². The quantitative estimate of drug-likeness (QED) is 0.609. The van der Waals surface area contributed by atoms with Crippen molar-refractivity contribution in [2.24, 2.45) is 5.73 Å². The Morgan fingerprint density at radius 2 is 2.00 bits per heavy atom. The molecule has 0 saturated heterocycles. The van der Waals surface area contributed by atoms with Gasteiger partial charge in [-0.05, 0) is 38.4 Å². The predicted molar refractivity (Wildman–Crippen MR) is 81.7 cm³/mol. The van der Waals surface area contributed by atoms with Crippen molar-refractivity contribution < 1.29 is 4.42 Å². The topological polar surface area (TPSA) is 45.6 Å². The van der Waals surface area contributed by atoms with Gasteiger partial charge < -0.3 is 20.0 Å². The van der Waals surface area contributed by atoms with Crippen LogP contribution in [0.2, 0.25) is 0 Å². The molecule has 0 aromatic carbocycles. The molecule has 1 heterocycles. The van der Waals surface area contributed by atoms with Gasteiger partial charge in [-0.3, -0.25) is 0 Å². The highest BCUT2D eigenvalue weighted by molar-refractivity contribution is 7.98. The molecule has 0 radical (unpaired) electrons. The molecule has 0 saturated carbocycles. The lowest BCUT2D eigenvalue weighted by Crippen LogP contribution is -2.33. The van der Waals surface area contributed by atoms with E-state index in [9.17, 15) is 0 Å². The molecule has 18 heavy (non-hydrogen) atoms. The van der Waals surface area contributed by atoms with E-state index in [1.807, 2.05) is 49.9 Å². The van der Waals surface area contributed by atoms with Crippen LogP contribution in [0.3, 0.4) is 0 Å². The summed E-state index contributed by atoms with van der Waals surface area (Å²) in [5.41, 5.74) is 5.50. The summed E-state index contributed by atoms with van der Waals surface area (Å²) in [7, 11) is 5.97. The third-order valence-corrected chi connectivity index (χ3v) is 3.65. The van der Waals surface area contributed by atoms with Crippen LogP contribution in [0.5, 0.6) is 0 Å². The van der Waals surface area contributed by atoms with Gasteiger partial charge in [0.05, 0.1) is 12.3 Å². The first-order valence-electron chi connectivity index (χ1n) is 5.79. The van der Waals surface area contributed by atoms with Crippen molar-refractivity contribution in [1.82, 2.24) is 9.80 Å². The van der Waals surface area contributed by atoms with E-state index in [1.54, 1.807) is 0 Å². The molecule has 0 spiro atoms. The maximum absolute atomic E-state index is 5.72. The largest absolute Gasteiger partial charge is 0.464 e. The highest BCUT2D eigenvalue weighted by atomic mass is 32.2. The SMILES string of the molecule is CN(C)Cc1ccc(CSCCN(C)C(N)=S)o1. The molecule has 1 rings (SSSR count).